The maximum atomic E-state index is 12.8. The predicted molar refractivity (Wildman–Crippen MR) is 93.4 cm³/mol. The zero-order chi connectivity index (χ0) is 17.1. The lowest BCUT2D eigenvalue weighted by molar-refractivity contribution is -0.137. The minimum Gasteiger partial charge on any atom is -0.342 e. The number of amides is 2. The van der Waals surface area contributed by atoms with E-state index in [1.54, 1.807) is 0 Å². The lowest BCUT2D eigenvalue weighted by Crippen LogP contribution is -2.46. The third-order valence-corrected chi connectivity index (χ3v) is 5.26. The van der Waals surface area contributed by atoms with E-state index in [0.717, 1.165) is 31.5 Å². The minimum atomic E-state index is -0.192. The van der Waals surface area contributed by atoms with Gasteiger partial charge in [-0.25, -0.2) is 0 Å². The lowest BCUT2D eigenvalue weighted by atomic mass is 10.0. The predicted octanol–water partition coefficient (Wildman–Crippen LogP) is 1.55. The maximum Gasteiger partial charge on any atom is 0.227 e. The van der Waals surface area contributed by atoms with Gasteiger partial charge in [-0.1, -0.05) is 29.8 Å². The van der Waals surface area contributed by atoms with Gasteiger partial charge in [-0.05, 0) is 38.4 Å². The van der Waals surface area contributed by atoms with E-state index < -0.39 is 0 Å². The molecule has 0 radical (unpaired) electrons. The molecule has 2 aliphatic rings. The number of carbonyl (C=O) groups excluding carboxylic acids is 2. The number of hydrogen-bond acceptors (Lipinski definition) is 3. The van der Waals surface area contributed by atoms with E-state index in [4.69, 9.17) is 0 Å². The normalized spacial score (nSPS) is 22.0. The summed E-state index contributed by atoms with van der Waals surface area (Å²) < 4.78 is 0. The number of aryl methyl sites for hydroxylation is 1. The third kappa shape index (κ3) is 3.78. The fraction of sp³-hybridized carbons (Fsp3) is 0.579. The van der Waals surface area contributed by atoms with Crippen LogP contribution in [0.15, 0.2) is 24.3 Å². The zero-order valence-electron chi connectivity index (χ0n) is 14.6. The molecule has 0 saturated carbocycles. The van der Waals surface area contributed by atoms with Gasteiger partial charge in [-0.3, -0.25) is 9.59 Å². The van der Waals surface area contributed by atoms with Gasteiger partial charge in [-0.2, -0.15) is 0 Å². The minimum absolute atomic E-state index is 0.0904. The van der Waals surface area contributed by atoms with Gasteiger partial charge >= 0.3 is 0 Å². The summed E-state index contributed by atoms with van der Waals surface area (Å²) in [6.07, 6.45) is 2.34. The van der Waals surface area contributed by atoms with E-state index in [1.165, 1.54) is 5.56 Å². The Morgan fingerprint density at radius 3 is 2.58 bits per heavy atom. The van der Waals surface area contributed by atoms with Crippen molar-refractivity contribution in [2.24, 2.45) is 5.92 Å². The highest BCUT2D eigenvalue weighted by Crippen LogP contribution is 2.24. The van der Waals surface area contributed by atoms with Crippen LogP contribution in [0.25, 0.3) is 0 Å². The average Bonchev–Trinajstić information content (AvgIpc) is 2.97. The number of rotatable bonds is 4. The highest BCUT2D eigenvalue weighted by Gasteiger charge is 2.37. The quantitative estimate of drug-likeness (QED) is 0.912. The van der Waals surface area contributed by atoms with Crippen LogP contribution >= 0.6 is 0 Å². The molecule has 1 unspecified atom stereocenters. The van der Waals surface area contributed by atoms with Crippen molar-refractivity contribution in [3.63, 3.8) is 0 Å². The first-order valence-electron chi connectivity index (χ1n) is 8.85. The monoisotopic (exact) mass is 329 g/mol. The van der Waals surface area contributed by atoms with E-state index in [1.807, 2.05) is 16.8 Å². The van der Waals surface area contributed by atoms with Crippen molar-refractivity contribution < 1.29 is 9.59 Å². The Hall–Kier alpha value is -1.88. The van der Waals surface area contributed by atoms with Crippen LogP contribution < -0.4 is 5.32 Å². The largest absolute Gasteiger partial charge is 0.342 e. The van der Waals surface area contributed by atoms with E-state index in [2.05, 4.69) is 36.5 Å². The highest BCUT2D eigenvalue weighted by molar-refractivity contribution is 5.89. The molecule has 2 heterocycles. The second-order valence-corrected chi connectivity index (χ2v) is 7.09. The number of hydrogen-bond donors (Lipinski definition) is 1. The number of carbonyl (C=O) groups is 2. The second kappa shape index (κ2) is 7.34. The van der Waals surface area contributed by atoms with Crippen LogP contribution in [0.5, 0.6) is 0 Å². The Kier molecular flexibility index (Phi) is 5.19. The molecule has 1 aromatic rings. The van der Waals surface area contributed by atoms with Crippen LogP contribution in [0.3, 0.4) is 0 Å². The molecule has 3 rings (SSSR count). The van der Waals surface area contributed by atoms with Gasteiger partial charge in [0, 0.05) is 32.6 Å². The van der Waals surface area contributed by atoms with E-state index in [0.29, 0.717) is 25.6 Å². The molecule has 0 spiro atoms. The topological polar surface area (TPSA) is 52.7 Å². The summed E-state index contributed by atoms with van der Waals surface area (Å²) >= 11 is 0. The molecule has 2 saturated heterocycles. The number of likely N-dealkylation sites (tertiary alicyclic amines) is 1. The lowest BCUT2D eigenvalue weighted by Gasteiger charge is -2.33. The van der Waals surface area contributed by atoms with Crippen molar-refractivity contribution in [3.8, 4) is 0 Å². The SMILES string of the molecule is Cc1ccc(CN2CC(C(=O)N(C)C3CCNCC3)CC2=O)cc1. The standard InChI is InChI=1S/C19H27N3O2/c1-14-3-5-15(6-4-14)12-22-13-16(11-18(22)23)19(24)21(2)17-7-9-20-10-8-17/h3-6,16-17,20H,7-13H2,1-2H3. The van der Waals surface area contributed by atoms with Crippen LogP contribution in [-0.4, -0.2) is 54.3 Å². The smallest absolute Gasteiger partial charge is 0.227 e. The Bertz CT molecular complexity index is 593. The number of benzene rings is 1. The summed E-state index contributed by atoms with van der Waals surface area (Å²) in [4.78, 5) is 28.8. The Labute approximate surface area is 144 Å². The first-order chi connectivity index (χ1) is 11.5. The third-order valence-electron chi connectivity index (χ3n) is 5.26. The molecule has 1 N–H and O–H groups in total. The Balaban J connectivity index is 1.59. The van der Waals surface area contributed by atoms with Crippen molar-refractivity contribution >= 4 is 11.8 Å². The van der Waals surface area contributed by atoms with E-state index >= 15 is 0 Å². The summed E-state index contributed by atoms with van der Waals surface area (Å²) in [5.41, 5.74) is 2.33. The van der Waals surface area contributed by atoms with Crippen molar-refractivity contribution in [3.05, 3.63) is 35.4 Å². The molecule has 1 atom stereocenters. The molecular weight excluding hydrogens is 302 g/mol. The Morgan fingerprint density at radius 2 is 1.92 bits per heavy atom. The summed E-state index contributed by atoms with van der Waals surface area (Å²) in [6.45, 7) is 5.12. The molecule has 130 valence electrons. The highest BCUT2D eigenvalue weighted by atomic mass is 16.2. The molecule has 5 heteroatoms. The first-order valence-corrected chi connectivity index (χ1v) is 8.85. The van der Waals surface area contributed by atoms with Crippen molar-refractivity contribution in [1.29, 1.82) is 0 Å². The fourth-order valence-corrected chi connectivity index (χ4v) is 3.67. The van der Waals surface area contributed by atoms with E-state index in [-0.39, 0.29) is 17.7 Å². The fourth-order valence-electron chi connectivity index (χ4n) is 3.67. The number of nitrogens with zero attached hydrogens (tertiary/aromatic N) is 2. The number of nitrogens with one attached hydrogen (secondary N) is 1. The summed E-state index contributed by atoms with van der Waals surface area (Å²) in [7, 11) is 1.89. The van der Waals surface area contributed by atoms with Crippen LogP contribution in [0, 0.1) is 12.8 Å². The van der Waals surface area contributed by atoms with Gasteiger partial charge in [-0.15, -0.1) is 0 Å². The molecule has 24 heavy (non-hydrogen) atoms. The summed E-state index contributed by atoms with van der Waals surface area (Å²) in [6, 6.07) is 8.53. The van der Waals surface area contributed by atoms with Crippen LogP contribution in [-0.2, 0) is 16.1 Å². The second-order valence-electron chi connectivity index (χ2n) is 7.09. The van der Waals surface area contributed by atoms with Crippen molar-refractivity contribution in [2.75, 3.05) is 26.7 Å². The molecule has 2 fully saturated rings. The molecule has 0 aliphatic carbocycles. The first kappa shape index (κ1) is 17.0. The van der Waals surface area contributed by atoms with Crippen LogP contribution in [0.2, 0.25) is 0 Å². The molecule has 0 bridgehead atoms. The maximum absolute atomic E-state index is 12.8. The Morgan fingerprint density at radius 1 is 1.25 bits per heavy atom. The molecular formula is C19H27N3O2. The van der Waals surface area contributed by atoms with Gasteiger partial charge in [0.15, 0.2) is 0 Å². The zero-order valence-corrected chi connectivity index (χ0v) is 14.6. The van der Waals surface area contributed by atoms with Crippen LogP contribution in [0.1, 0.15) is 30.4 Å². The van der Waals surface area contributed by atoms with E-state index in [9.17, 15) is 9.59 Å². The molecule has 0 aromatic heterocycles. The molecule has 2 aliphatic heterocycles. The van der Waals surface area contributed by atoms with Gasteiger partial charge in [0.1, 0.15) is 0 Å². The van der Waals surface area contributed by atoms with Gasteiger partial charge in [0.05, 0.1) is 5.92 Å². The van der Waals surface area contributed by atoms with Crippen molar-refractivity contribution in [2.45, 2.75) is 38.8 Å². The number of piperidine rings is 1. The summed E-state index contributed by atoms with van der Waals surface area (Å²) in [5.74, 6) is 0.0251. The summed E-state index contributed by atoms with van der Waals surface area (Å²) in [5, 5.41) is 3.32. The van der Waals surface area contributed by atoms with Gasteiger partial charge in [0.2, 0.25) is 11.8 Å². The van der Waals surface area contributed by atoms with Crippen LogP contribution in [0.4, 0.5) is 0 Å². The molecule has 2 amide bonds. The van der Waals surface area contributed by atoms with Crippen molar-refractivity contribution in [1.82, 2.24) is 15.1 Å². The molecule has 1 aromatic carbocycles. The molecule has 5 nitrogen and oxygen atoms in total. The van der Waals surface area contributed by atoms with Gasteiger partial charge in [0.25, 0.3) is 0 Å². The average molecular weight is 329 g/mol. The van der Waals surface area contributed by atoms with Gasteiger partial charge < -0.3 is 15.1 Å².